The average molecular weight is 513 g/mol. The normalized spacial score (nSPS) is 13.1. The Morgan fingerprint density at radius 3 is 1.58 bits per heavy atom. The largest absolute Gasteiger partial charge is 0.416 e. The van der Waals surface area contributed by atoms with Gasteiger partial charge in [-0.25, -0.2) is 4.18 Å². The molecular weight excluding hydrogens is 489 g/mol. The summed E-state index contributed by atoms with van der Waals surface area (Å²) in [5.74, 6) is 0. The fourth-order valence-electron chi connectivity index (χ4n) is 4.77. The third-order valence-electron chi connectivity index (χ3n) is 6.33. The first-order valence-corrected chi connectivity index (χ1v) is 12.9. The van der Waals surface area contributed by atoms with E-state index in [-0.39, 0.29) is 5.56 Å². The molecule has 9 heteroatoms. The SMILES string of the molecule is Cc1ccc2[nH]cc(C(OS(C)(=O)=O)(c3ccc(C(F)(F)F)cc3)c3c[nH]c4ccc(C)cc34)c2c1. The van der Waals surface area contributed by atoms with Crippen LogP contribution in [0.3, 0.4) is 0 Å². The molecule has 0 amide bonds. The minimum Gasteiger partial charge on any atom is -0.361 e. The van der Waals surface area contributed by atoms with E-state index in [1.807, 2.05) is 50.2 Å². The lowest BCUT2D eigenvalue weighted by Crippen LogP contribution is -2.35. The first-order chi connectivity index (χ1) is 16.9. The number of rotatable bonds is 5. The number of fused-ring (bicyclic) bond motifs is 2. The summed E-state index contributed by atoms with van der Waals surface area (Å²) in [7, 11) is -4.13. The van der Waals surface area contributed by atoms with Gasteiger partial charge in [-0.05, 0) is 55.8 Å². The molecule has 5 rings (SSSR count). The van der Waals surface area contributed by atoms with Gasteiger partial charge in [-0.3, -0.25) is 0 Å². The van der Waals surface area contributed by atoms with Crippen LogP contribution in [0, 0.1) is 13.8 Å². The topological polar surface area (TPSA) is 75.0 Å². The van der Waals surface area contributed by atoms with Crippen molar-refractivity contribution in [3.8, 4) is 0 Å². The van der Waals surface area contributed by atoms with Gasteiger partial charge < -0.3 is 9.97 Å². The Bertz CT molecular complexity index is 1620. The summed E-state index contributed by atoms with van der Waals surface area (Å²) >= 11 is 0. The van der Waals surface area contributed by atoms with Gasteiger partial charge in [0.1, 0.15) is 0 Å². The molecule has 5 nitrogen and oxygen atoms in total. The molecule has 2 N–H and O–H groups in total. The average Bonchev–Trinajstić information content (AvgIpc) is 3.40. The fourth-order valence-corrected chi connectivity index (χ4v) is 5.50. The molecule has 0 saturated heterocycles. The van der Waals surface area contributed by atoms with Crippen molar-refractivity contribution in [3.05, 3.63) is 106 Å². The second-order valence-corrected chi connectivity index (χ2v) is 10.6. The summed E-state index contributed by atoms with van der Waals surface area (Å²) in [5.41, 5.74) is 1.88. The van der Waals surface area contributed by atoms with Crippen LogP contribution in [0.15, 0.2) is 73.1 Å². The zero-order chi connectivity index (χ0) is 25.9. The van der Waals surface area contributed by atoms with E-state index in [0.717, 1.165) is 40.5 Å². The van der Waals surface area contributed by atoms with E-state index in [0.29, 0.717) is 21.9 Å². The number of nitrogens with one attached hydrogen (secondary N) is 2. The number of aryl methyl sites for hydroxylation is 2. The van der Waals surface area contributed by atoms with E-state index in [1.54, 1.807) is 12.4 Å². The van der Waals surface area contributed by atoms with E-state index in [2.05, 4.69) is 9.97 Å². The minimum atomic E-state index is -4.55. The van der Waals surface area contributed by atoms with Gasteiger partial charge in [-0.2, -0.15) is 21.6 Å². The summed E-state index contributed by atoms with van der Waals surface area (Å²) in [6, 6.07) is 15.8. The highest BCUT2D eigenvalue weighted by Crippen LogP contribution is 2.47. The van der Waals surface area contributed by atoms with Crippen molar-refractivity contribution in [2.45, 2.75) is 25.6 Å². The van der Waals surface area contributed by atoms with Crippen molar-refractivity contribution in [1.29, 1.82) is 0 Å². The first kappa shape index (κ1) is 24.1. The highest BCUT2D eigenvalue weighted by molar-refractivity contribution is 7.86. The van der Waals surface area contributed by atoms with Crippen molar-refractivity contribution in [1.82, 2.24) is 9.97 Å². The third kappa shape index (κ3) is 4.08. The summed E-state index contributed by atoms with van der Waals surface area (Å²) in [6.45, 7) is 3.81. The van der Waals surface area contributed by atoms with Gasteiger partial charge >= 0.3 is 6.18 Å². The van der Waals surface area contributed by atoms with E-state index in [9.17, 15) is 21.6 Å². The summed E-state index contributed by atoms with van der Waals surface area (Å²) < 4.78 is 71.8. The Labute approximate surface area is 206 Å². The number of aromatic nitrogens is 2. The quantitative estimate of drug-likeness (QED) is 0.262. The van der Waals surface area contributed by atoms with Crippen LogP contribution in [0.4, 0.5) is 13.2 Å². The summed E-state index contributed by atoms with van der Waals surface area (Å²) in [4.78, 5) is 6.34. The number of alkyl halides is 3. The van der Waals surface area contributed by atoms with Crippen LogP contribution < -0.4 is 0 Å². The predicted octanol–water partition coefficient (Wildman–Crippen LogP) is 6.55. The lowest BCUT2D eigenvalue weighted by Gasteiger charge is -2.33. The maximum atomic E-state index is 13.4. The molecule has 0 atom stereocenters. The molecule has 186 valence electrons. The zero-order valence-electron chi connectivity index (χ0n) is 19.7. The Kier molecular flexibility index (Phi) is 5.53. The van der Waals surface area contributed by atoms with Crippen LogP contribution in [0.1, 0.15) is 33.4 Å². The Balaban J connectivity index is 1.94. The minimum absolute atomic E-state index is 0.241. The van der Waals surface area contributed by atoms with Crippen LogP contribution in [0.5, 0.6) is 0 Å². The molecule has 0 spiro atoms. The van der Waals surface area contributed by atoms with Crippen LogP contribution >= 0.6 is 0 Å². The zero-order valence-corrected chi connectivity index (χ0v) is 20.5. The number of H-pyrrole nitrogens is 2. The predicted molar refractivity (Wildman–Crippen MR) is 133 cm³/mol. The second kappa shape index (κ2) is 8.25. The number of hydrogen-bond donors (Lipinski definition) is 2. The van der Waals surface area contributed by atoms with Gasteiger partial charge in [0.15, 0.2) is 5.60 Å². The summed E-state index contributed by atoms with van der Waals surface area (Å²) in [6.07, 6.45) is -0.302. The lowest BCUT2D eigenvalue weighted by molar-refractivity contribution is -0.137. The molecule has 3 aromatic carbocycles. The molecule has 0 aliphatic carbocycles. The van der Waals surface area contributed by atoms with Crippen molar-refractivity contribution in [3.63, 3.8) is 0 Å². The van der Waals surface area contributed by atoms with Crippen LogP contribution in [0.25, 0.3) is 21.8 Å². The number of benzene rings is 3. The summed E-state index contributed by atoms with van der Waals surface area (Å²) in [5, 5.41) is 1.39. The third-order valence-corrected chi connectivity index (χ3v) is 6.88. The van der Waals surface area contributed by atoms with Gasteiger partial charge in [-0.15, -0.1) is 0 Å². The standard InChI is InChI=1S/C27H23F3N2O3S/c1-16-4-10-24-20(12-16)22(14-31-24)26(35-36(3,33)34,18-6-8-19(9-7-18)27(28,29)30)23-15-32-25-11-5-17(2)13-21(23)25/h4-15,31-32H,1-3H3. The number of hydrogen-bond acceptors (Lipinski definition) is 3. The number of halogens is 3. The molecule has 5 aromatic rings. The molecule has 36 heavy (non-hydrogen) atoms. The fraction of sp³-hybridized carbons (Fsp3) is 0.185. The van der Waals surface area contributed by atoms with Gasteiger partial charge in [0.05, 0.1) is 11.8 Å². The van der Waals surface area contributed by atoms with Crippen LogP contribution in [-0.2, 0) is 26.1 Å². The van der Waals surface area contributed by atoms with Gasteiger partial charge in [0, 0.05) is 45.3 Å². The first-order valence-electron chi connectivity index (χ1n) is 11.1. The van der Waals surface area contributed by atoms with Gasteiger partial charge in [0.25, 0.3) is 10.1 Å². The van der Waals surface area contributed by atoms with E-state index < -0.39 is 27.5 Å². The molecule has 0 fully saturated rings. The van der Waals surface area contributed by atoms with E-state index in [1.165, 1.54) is 12.1 Å². The van der Waals surface area contributed by atoms with Crippen LogP contribution in [-0.4, -0.2) is 24.6 Å². The molecule has 0 unspecified atom stereocenters. The molecule has 0 bridgehead atoms. The van der Waals surface area contributed by atoms with Gasteiger partial charge in [-0.1, -0.05) is 35.4 Å². The Morgan fingerprint density at radius 2 is 1.17 bits per heavy atom. The Hall–Kier alpha value is -3.56. The molecule has 0 radical (unpaired) electrons. The van der Waals surface area contributed by atoms with Crippen LogP contribution in [0.2, 0.25) is 0 Å². The Morgan fingerprint density at radius 1 is 0.722 bits per heavy atom. The second-order valence-electron chi connectivity index (χ2n) is 9.05. The van der Waals surface area contributed by atoms with Crippen molar-refractivity contribution in [2.75, 3.05) is 6.26 Å². The monoisotopic (exact) mass is 512 g/mol. The molecule has 2 heterocycles. The molecule has 2 aromatic heterocycles. The maximum absolute atomic E-state index is 13.4. The smallest absolute Gasteiger partial charge is 0.361 e. The van der Waals surface area contributed by atoms with E-state index >= 15 is 0 Å². The number of aromatic amines is 2. The molecule has 0 saturated carbocycles. The van der Waals surface area contributed by atoms with E-state index in [4.69, 9.17) is 4.18 Å². The van der Waals surface area contributed by atoms with Crippen molar-refractivity contribution in [2.24, 2.45) is 0 Å². The highest BCUT2D eigenvalue weighted by atomic mass is 32.2. The maximum Gasteiger partial charge on any atom is 0.416 e. The molecule has 0 aliphatic rings. The van der Waals surface area contributed by atoms with Crippen molar-refractivity contribution < 1.29 is 25.8 Å². The highest BCUT2D eigenvalue weighted by Gasteiger charge is 2.45. The van der Waals surface area contributed by atoms with Gasteiger partial charge in [0.2, 0.25) is 0 Å². The van der Waals surface area contributed by atoms with Crippen molar-refractivity contribution >= 4 is 31.9 Å². The lowest BCUT2D eigenvalue weighted by atomic mass is 9.79. The molecular formula is C27H23F3N2O3S. The molecule has 0 aliphatic heterocycles.